The van der Waals surface area contributed by atoms with E-state index in [1.165, 1.54) is 0 Å². The zero-order valence-electron chi connectivity index (χ0n) is 10.3. The summed E-state index contributed by atoms with van der Waals surface area (Å²) in [6.07, 6.45) is 0. The molecule has 0 aliphatic carbocycles. The minimum Gasteiger partial charge on any atom is -0.410 e. The van der Waals surface area contributed by atoms with Crippen LogP contribution in [-0.2, 0) is 9.31 Å². The predicted molar refractivity (Wildman–Crippen MR) is 68.0 cm³/mol. The molecule has 0 aliphatic rings. The van der Waals surface area contributed by atoms with E-state index in [0.717, 1.165) is 18.6 Å². The van der Waals surface area contributed by atoms with Gasteiger partial charge >= 0.3 is 7.12 Å². The van der Waals surface area contributed by atoms with Crippen LogP contribution < -0.4 is 5.46 Å². The average Bonchev–Trinajstić information content (AvgIpc) is 2.35. The van der Waals surface area contributed by atoms with Crippen LogP contribution in [0.5, 0.6) is 0 Å². The van der Waals surface area contributed by atoms with Crippen molar-refractivity contribution in [3.63, 3.8) is 0 Å². The molecule has 0 heterocycles. The van der Waals surface area contributed by atoms with Crippen LogP contribution in [0, 0.1) is 0 Å². The lowest BCUT2D eigenvalue weighted by molar-refractivity contribution is 0.204. The van der Waals surface area contributed by atoms with Crippen LogP contribution in [0.15, 0.2) is 30.3 Å². The van der Waals surface area contributed by atoms with Gasteiger partial charge in [-0.25, -0.2) is 0 Å². The molecule has 0 saturated carbocycles. The maximum absolute atomic E-state index is 5.69. The largest absolute Gasteiger partial charge is 0.493 e. The maximum atomic E-state index is 5.69. The second kappa shape index (κ2) is 7.44. The summed E-state index contributed by atoms with van der Waals surface area (Å²) in [5, 5.41) is 0. The Hall–Kier alpha value is -0.835. The Labute approximate surface area is 98.5 Å². The van der Waals surface area contributed by atoms with Gasteiger partial charge in [0.1, 0.15) is 0 Å². The fraction of sp³-hybridized carbons (Fsp3) is 0.500. The van der Waals surface area contributed by atoms with E-state index in [-0.39, 0.29) is 7.12 Å². The van der Waals surface area contributed by atoms with Crippen LogP contribution in [0.2, 0.25) is 0 Å². The quantitative estimate of drug-likeness (QED) is 0.641. The summed E-state index contributed by atoms with van der Waals surface area (Å²) in [5.41, 5.74) is 1.06. The van der Waals surface area contributed by atoms with Crippen molar-refractivity contribution in [1.82, 2.24) is 4.90 Å². The van der Waals surface area contributed by atoms with Gasteiger partial charge in [-0.05, 0) is 19.1 Å². The molecule has 3 nitrogen and oxygen atoms in total. The SMILES string of the molecule is CCN(C)CCOB(OC)c1ccccc1. The molecule has 0 aliphatic heterocycles. The standard InChI is InChI=1S/C12H20BNO2/c1-4-14(2)10-11-16-13(15-3)12-8-6-5-7-9-12/h5-9H,4,10-11H2,1-3H3. The Kier molecular flexibility index (Phi) is 6.15. The van der Waals surface area contributed by atoms with Crippen LogP contribution in [0.4, 0.5) is 0 Å². The van der Waals surface area contributed by atoms with Crippen molar-refractivity contribution in [2.24, 2.45) is 0 Å². The Morgan fingerprint density at radius 2 is 1.94 bits per heavy atom. The normalized spacial score (nSPS) is 10.8. The molecule has 0 fully saturated rings. The fourth-order valence-electron chi connectivity index (χ4n) is 1.38. The Morgan fingerprint density at radius 3 is 2.50 bits per heavy atom. The molecule has 0 amide bonds. The molecular weight excluding hydrogens is 201 g/mol. The van der Waals surface area contributed by atoms with E-state index in [1.807, 2.05) is 30.3 Å². The third-order valence-electron chi connectivity index (χ3n) is 2.57. The van der Waals surface area contributed by atoms with Crippen LogP contribution in [0.1, 0.15) is 6.92 Å². The first-order valence-electron chi connectivity index (χ1n) is 5.65. The van der Waals surface area contributed by atoms with Crippen molar-refractivity contribution < 1.29 is 9.31 Å². The Balaban J connectivity index is 2.38. The molecule has 0 radical (unpaired) electrons. The molecule has 1 rings (SSSR count). The Bertz CT molecular complexity index is 282. The van der Waals surface area contributed by atoms with E-state index in [0.29, 0.717) is 6.61 Å². The summed E-state index contributed by atoms with van der Waals surface area (Å²) in [4.78, 5) is 2.21. The molecule has 0 bridgehead atoms. The van der Waals surface area contributed by atoms with E-state index in [4.69, 9.17) is 9.31 Å². The minimum atomic E-state index is -0.258. The number of likely N-dealkylation sites (N-methyl/N-ethyl adjacent to an activating group) is 1. The van der Waals surface area contributed by atoms with Crippen molar-refractivity contribution in [2.75, 3.05) is 33.9 Å². The van der Waals surface area contributed by atoms with Crippen molar-refractivity contribution in [3.05, 3.63) is 30.3 Å². The van der Waals surface area contributed by atoms with Crippen molar-refractivity contribution in [1.29, 1.82) is 0 Å². The van der Waals surface area contributed by atoms with Gasteiger partial charge in [-0.15, -0.1) is 0 Å². The summed E-state index contributed by atoms with van der Waals surface area (Å²) < 4.78 is 11.0. The third kappa shape index (κ3) is 4.35. The van der Waals surface area contributed by atoms with E-state index in [2.05, 4.69) is 18.9 Å². The molecule has 16 heavy (non-hydrogen) atoms. The number of hydrogen-bond donors (Lipinski definition) is 0. The second-order valence-electron chi connectivity index (χ2n) is 3.75. The van der Waals surface area contributed by atoms with Crippen LogP contribution in [0.3, 0.4) is 0 Å². The minimum absolute atomic E-state index is 0.258. The van der Waals surface area contributed by atoms with Gasteiger partial charge in [0.25, 0.3) is 0 Å². The zero-order chi connectivity index (χ0) is 11.8. The number of hydrogen-bond acceptors (Lipinski definition) is 3. The summed E-state index contributed by atoms with van der Waals surface area (Å²) in [7, 11) is 3.49. The number of nitrogens with zero attached hydrogens (tertiary/aromatic N) is 1. The van der Waals surface area contributed by atoms with Gasteiger partial charge in [0.15, 0.2) is 0 Å². The molecule has 0 N–H and O–H groups in total. The highest BCUT2D eigenvalue weighted by Crippen LogP contribution is 1.93. The lowest BCUT2D eigenvalue weighted by Gasteiger charge is -2.16. The lowest BCUT2D eigenvalue weighted by Crippen LogP contribution is -2.38. The topological polar surface area (TPSA) is 21.7 Å². The summed E-state index contributed by atoms with van der Waals surface area (Å²) in [5.74, 6) is 0. The van der Waals surface area contributed by atoms with Crippen molar-refractivity contribution in [3.8, 4) is 0 Å². The van der Waals surface area contributed by atoms with E-state index in [9.17, 15) is 0 Å². The molecule has 0 spiro atoms. The molecule has 88 valence electrons. The van der Waals surface area contributed by atoms with Gasteiger partial charge < -0.3 is 14.2 Å². The molecule has 0 saturated heterocycles. The first-order valence-corrected chi connectivity index (χ1v) is 5.65. The molecule has 1 aromatic rings. The first-order chi connectivity index (χ1) is 7.77. The van der Waals surface area contributed by atoms with Crippen molar-refractivity contribution >= 4 is 12.6 Å². The van der Waals surface area contributed by atoms with Gasteiger partial charge in [-0.3, -0.25) is 0 Å². The number of benzene rings is 1. The highest BCUT2D eigenvalue weighted by Gasteiger charge is 2.18. The summed E-state index contributed by atoms with van der Waals surface area (Å²) in [6.45, 7) is 4.76. The van der Waals surface area contributed by atoms with E-state index >= 15 is 0 Å². The maximum Gasteiger partial charge on any atom is 0.493 e. The van der Waals surface area contributed by atoms with Crippen LogP contribution in [-0.4, -0.2) is 45.9 Å². The predicted octanol–water partition coefficient (Wildman–Crippen LogP) is 0.996. The van der Waals surface area contributed by atoms with E-state index in [1.54, 1.807) is 7.11 Å². The number of rotatable bonds is 7. The highest BCUT2D eigenvalue weighted by molar-refractivity contribution is 6.61. The molecule has 4 heteroatoms. The Morgan fingerprint density at radius 1 is 1.25 bits per heavy atom. The molecule has 0 atom stereocenters. The highest BCUT2D eigenvalue weighted by atomic mass is 16.6. The van der Waals surface area contributed by atoms with E-state index < -0.39 is 0 Å². The smallest absolute Gasteiger partial charge is 0.410 e. The third-order valence-corrected chi connectivity index (χ3v) is 2.57. The van der Waals surface area contributed by atoms with Crippen molar-refractivity contribution in [2.45, 2.75) is 6.92 Å². The molecule has 0 unspecified atom stereocenters. The van der Waals surface area contributed by atoms with Gasteiger partial charge in [0.2, 0.25) is 0 Å². The lowest BCUT2D eigenvalue weighted by atomic mass is 9.79. The fourth-order valence-corrected chi connectivity index (χ4v) is 1.38. The first kappa shape index (κ1) is 13.2. The summed E-state index contributed by atoms with van der Waals surface area (Å²) in [6, 6.07) is 9.99. The second-order valence-corrected chi connectivity index (χ2v) is 3.75. The monoisotopic (exact) mass is 221 g/mol. The zero-order valence-corrected chi connectivity index (χ0v) is 10.3. The van der Waals surface area contributed by atoms with Crippen LogP contribution in [0.25, 0.3) is 0 Å². The molecule has 1 aromatic carbocycles. The molecular formula is C12H20BNO2. The van der Waals surface area contributed by atoms with Gasteiger partial charge in [-0.2, -0.15) is 0 Å². The van der Waals surface area contributed by atoms with Gasteiger partial charge in [-0.1, -0.05) is 37.3 Å². The summed E-state index contributed by atoms with van der Waals surface area (Å²) >= 11 is 0. The average molecular weight is 221 g/mol. The van der Waals surface area contributed by atoms with Crippen LogP contribution >= 0.6 is 0 Å². The van der Waals surface area contributed by atoms with Gasteiger partial charge in [0, 0.05) is 20.3 Å². The molecule has 0 aromatic heterocycles. The van der Waals surface area contributed by atoms with Gasteiger partial charge in [0.05, 0.1) is 0 Å².